The first kappa shape index (κ1) is 15.8. The molecule has 1 amide bonds. The number of hydrogen-bond acceptors (Lipinski definition) is 3. The van der Waals surface area contributed by atoms with E-state index in [1.165, 1.54) is 0 Å². The predicted molar refractivity (Wildman–Crippen MR) is 81.6 cm³/mol. The van der Waals surface area contributed by atoms with E-state index >= 15 is 0 Å². The molecule has 3 unspecified atom stereocenters. The van der Waals surface area contributed by atoms with E-state index in [2.05, 4.69) is 39.2 Å². The van der Waals surface area contributed by atoms with Gasteiger partial charge >= 0.3 is 6.09 Å². The Morgan fingerprint density at radius 1 is 1.40 bits per heavy atom. The molecule has 6 heteroatoms. The third-order valence-electron chi connectivity index (χ3n) is 5.28. The number of amides is 1. The molecular weight excluding hydrogens is 272 g/mol. The van der Waals surface area contributed by atoms with E-state index in [-0.39, 0.29) is 23.2 Å². The zero-order valence-corrected chi connectivity index (χ0v) is 14.3. The van der Waals surface area contributed by atoms with Crippen molar-refractivity contribution in [1.82, 2.24) is 10.2 Å². The minimum atomic E-state index is -1.77. The highest BCUT2D eigenvalue weighted by molar-refractivity contribution is 6.74. The number of nitrogens with one attached hydrogen (secondary N) is 1. The average Bonchev–Trinajstić information content (AvgIpc) is 2.62. The molecule has 0 aliphatic carbocycles. The summed E-state index contributed by atoms with van der Waals surface area (Å²) in [7, 11) is -1.77. The Labute approximate surface area is 122 Å². The van der Waals surface area contributed by atoms with Gasteiger partial charge in [0.15, 0.2) is 8.32 Å². The second kappa shape index (κ2) is 5.31. The molecule has 2 N–H and O–H groups in total. The maximum absolute atomic E-state index is 11.4. The van der Waals surface area contributed by atoms with Crippen LogP contribution in [-0.4, -0.2) is 55.7 Å². The first-order valence-corrected chi connectivity index (χ1v) is 10.4. The summed E-state index contributed by atoms with van der Waals surface area (Å²) in [5.41, 5.74) is 0. The number of fused-ring (bicyclic) bond motifs is 2. The molecule has 2 bridgehead atoms. The Balaban J connectivity index is 1.99. The lowest BCUT2D eigenvalue weighted by atomic mass is 10.1. The molecule has 0 spiro atoms. The minimum absolute atomic E-state index is 0.0796. The summed E-state index contributed by atoms with van der Waals surface area (Å²) in [6, 6.07) is 0.372. The lowest BCUT2D eigenvalue weighted by Gasteiger charge is -2.42. The lowest BCUT2D eigenvalue weighted by Crippen LogP contribution is -2.61. The number of rotatable bonds is 3. The SMILES string of the molecule is CC(C)(C)[Si](C)(C)OCC1NCC2CCC1N2C(=O)O. The van der Waals surface area contributed by atoms with Gasteiger partial charge in [-0.3, -0.25) is 4.90 Å². The fourth-order valence-electron chi connectivity index (χ4n) is 2.91. The quantitative estimate of drug-likeness (QED) is 0.786. The monoisotopic (exact) mass is 300 g/mol. The van der Waals surface area contributed by atoms with Crippen LogP contribution in [0.5, 0.6) is 0 Å². The molecule has 0 aromatic heterocycles. The van der Waals surface area contributed by atoms with Crippen LogP contribution < -0.4 is 5.32 Å². The molecule has 5 nitrogen and oxygen atoms in total. The minimum Gasteiger partial charge on any atom is -0.465 e. The summed E-state index contributed by atoms with van der Waals surface area (Å²) in [5, 5.41) is 13.0. The Kier molecular flexibility index (Phi) is 4.19. The summed E-state index contributed by atoms with van der Waals surface area (Å²) in [6.45, 7) is 12.5. The van der Waals surface area contributed by atoms with Crippen molar-refractivity contribution in [2.75, 3.05) is 13.2 Å². The van der Waals surface area contributed by atoms with Crippen molar-refractivity contribution >= 4 is 14.4 Å². The van der Waals surface area contributed by atoms with E-state index < -0.39 is 14.4 Å². The standard InChI is InChI=1S/C14H28N2O3Si/c1-14(2,3)20(4,5)19-9-11-12-7-6-10(8-15-11)16(12)13(17)18/h10-12,15H,6-9H2,1-5H3,(H,17,18). The fraction of sp³-hybridized carbons (Fsp3) is 0.929. The third kappa shape index (κ3) is 2.87. The van der Waals surface area contributed by atoms with E-state index in [4.69, 9.17) is 4.43 Å². The smallest absolute Gasteiger partial charge is 0.407 e. The Morgan fingerprint density at radius 3 is 2.60 bits per heavy atom. The molecule has 0 aromatic rings. The van der Waals surface area contributed by atoms with E-state index in [0.717, 1.165) is 19.4 Å². The summed E-state index contributed by atoms with van der Waals surface area (Å²) in [6.07, 6.45) is 1.15. The number of carbonyl (C=O) groups is 1. The van der Waals surface area contributed by atoms with Crippen LogP contribution in [0.2, 0.25) is 18.1 Å². The maximum atomic E-state index is 11.4. The Morgan fingerprint density at radius 2 is 2.05 bits per heavy atom. The largest absolute Gasteiger partial charge is 0.465 e. The average molecular weight is 300 g/mol. The van der Waals surface area contributed by atoms with E-state index in [1.54, 1.807) is 4.90 Å². The van der Waals surface area contributed by atoms with Gasteiger partial charge in [-0.2, -0.15) is 0 Å². The van der Waals surface area contributed by atoms with Crippen LogP contribution in [-0.2, 0) is 4.43 Å². The van der Waals surface area contributed by atoms with Gasteiger partial charge in [-0.1, -0.05) is 20.8 Å². The second-order valence-corrected chi connectivity index (χ2v) is 12.4. The molecule has 2 saturated heterocycles. The van der Waals surface area contributed by atoms with Crippen molar-refractivity contribution in [3.05, 3.63) is 0 Å². The molecule has 2 heterocycles. The molecule has 0 aromatic carbocycles. The summed E-state index contributed by atoms with van der Waals surface area (Å²) in [4.78, 5) is 13.0. The predicted octanol–water partition coefficient (Wildman–Crippen LogP) is 2.49. The molecule has 2 rings (SSSR count). The molecule has 20 heavy (non-hydrogen) atoms. The van der Waals surface area contributed by atoms with Crippen molar-refractivity contribution in [1.29, 1.82) is 0 Å². The normalized spacial score (nSPS) is 30.6. The van der Waals surface area contributed by atoms with Gasteiger partial charge in [0.2, 0.25) is 0 Å². The van der Waals surface area contributed by atoms with Gasteiger partial charge in [0.1, 0.15) is 0 Å². The van der Waals surface area contributed by atoms with E-state index in [0.29, 0.717) is 6.61 Å². The van der Waals surface area contributed by atoms with Crippen LogP contribution in [0.25, 0.3) is 0 Å². The van der Waals surface area contributed by atoms with Crippen LogP contribution in [0, 0.1) is 0 Å². The number of hydrogen-bond donors (Lipinski definition) is 2. The van der Waals surface area contributed by atoms with Gasteiger partial charge in [-0.15, -0.1) is 0 Å². The van der Waals surface area contributed by atoms with Gasteiger partial charge in [0.25, 0.3) is 0 Å². The van der Waals surface area contributed by atoms with Crippen LogP contribution >= 0.6 is 0 Å². The van der Waals surface area contributed by atoms with E-state index in [1.807, 2.05) is 0 Å². The molecular formula is C14H28N2O3Si. The van der Waals surface area contributed by atoms with Crippen molar-refractivity contribution in [2.45, 2.75) is 69.9 Å². The number of nitrogens with zero attached hydrogens (tertiary/aromatic N) is 1. The van der Waals surface area contributed by atoms with Gasteiger partial charge in [0.05, 0.1) is 12.6 Å². The molecule has 2 aliphatic rings. The van der Waals surface area contributed by atoms with Crippen molar-refractivity contribution in [2.24, 2.45) is 0 Å². The zero-order valence-electron chi connectivity index (χ0n) is 13.3. The topological polar surface area (TPSA) is 61.8 Å². The van der Waals surface area contributed by atoms with Crippen LogP contribution in [0.15, 0.2) is 0 Å². The lowest BCUT2D eigenvalue weighted by molar-refractivity contribution is 0.0763. The fourth-order valence-corrected chi connectivity index (χ4v) is 3.94. The van der Waals surface area contributed by atoms with Crippen LogP contribution in [0.1, 0.15) is 33.6 Å². The summed E-state index contributed by atoms with van der Waals surface area (Å²) >= 11 is 0. The number of carboxylic acid groups (broad SMARTS) is 1. The molecule has 2 fully saturated rings. The van der Waals surface area contributed by atoms with Gasteiger partial charge in [-0.05, 0) is 31.0 Å². The first-order valence-electron chi connectivity index (χ1n) is 7.52. The summed E-state index contributed by atoms with van der Waals surface area (Å²) < 4.78 is 6.27. The molecule has 0 saturated carbocycles. The highest BCUT2D eigenvalue weighted by atomic mass is 28.4. The first-order chi connectivity index (χ1) is 9.13. The highest BCUT2D eigenvalue weighted by Gasteiger charge is 2.46. The van der Waals surface area contributed by atoms with Crippen molar-refractivity contribution < 1.29 is 14.3 Å². The summed E-state index contributed by atoms with van der Waals surface area (Å²) in [5.74, 6) is 0. The van der Waals surface area contributed by atoms with Gasteiger partial charge in [-0.25, -0.2) is 4.79 Å². The van der Waals surface area contributed by atoms with Crippen LogP contribution in [0.4, 0.5) is 4.79 Å². The third-order valence-corrected chi connectivity index (χ3v) is 9.78. The Hall–Kier alpha value is -0.593. The Bertz CT molecular complexity index is 381. The van der Waals surface area contributed by atoms with Crippen LogP contribution in [0.3, 0.4) is 0 Å². The second-order valence-electron chi connectivity index (χ2n) is 7.57. The van der Waals surface area contributed by atoms with Gasteiger partial charge < -0.3 is 14.8 Å². The maximum Gasteiger partial charge on any atom is 0.407 e. The van der Waals surface area contributed by atoms with Gasteiger partial charge in [0, 0.05) is 18.6 Å². The van der Waals surface area contributed by atoms with E-state index in [9.17, 15) is 9.90 Å². The highest BCUT2D eigenvalue weighted by Crippen LogP contribution is 2.37. The number of piperazine rings is 1. The van der Waals surface area contributed by atoms with Crippen molar-refractivity contribution in [3.8, 4) is 0 Å². The molecule has 3 atom stereocenters. The molecule has 2 aliphatic heterocycles. The zero-order chi connectivity index (χ0) is 15.1. The van der Waals surface area contributed by atoms with Crippen molar-refractivity contribution in [3.63, 3.8) is 0 Å². The molecule has 0 radical (unpaired) electrons. The molecule has 116 valence electrons.